The molecule has 1 saturated heterocycles. The summed E-state index contributed by atoms with van der Waals surface area (Å²) < 4.78 is 17.9. The molecule has 3 aromatic carbocycles. The van der Waals surface area contributed by atoms with Crippen molar-refractivity contribution in [2.75, 3.05) is 27.4 Å². The number of amides is 1. The molecule has 4 rings (SSSR count). The van der Waals surface area contributed by atoms with Crippen molar-refractivity contribution in [3.05, 3.63) is 95.6 Å². The normalized spacial score (nSPS) is 17.0. The van der Waals surface area contributed by atoms with E-state index in [1.165, 1.54) is 0 Å². The highest BCUT2D eigenvalue weighted by atomic mass is 16.5. The number of carboxylic acid groups (broad SMARTS) is 1. The van der Waals surface area contributed by atoms with Crippen LogP contribution in [0.3, 0.4) is 0 Å². The second-order valence-electron chi connectivity index (χ2n) is 10.5. The first-order valence-electron chi connectivity index (χ1n) is 13.9. The van der Waals surface area contributed by atoms with Crippen LogP contribution in [0.5, 0.6) is 11.5 Å². The Morgan fingerprint density at radius 1 is 0.825 bits per heavy atom. The zero-order chi connectivity index (χ0) is 28.5. The van der Waals surface area contributed by atoms with Crippen molar-refractivity contribution >= 4 is 11.9 Å². The zero-order valence-corrected chi connectivity index (χ0v) is 23.5. The van der Waals surface area contributed by atoms with Gasteiger partial charge in [0.2, 0.25) is 5.91 Å². The van der Waals surface area contributed by atoms with Gasteiger partial charge in [0, 0.05) is 19.4 Å². The lowest BCUT2D eigenvalue weighted by molar-refractivity contribution is -0.138. The van der Waals surface area contributed by atoms with Crippen LogP contribution in [0.15, 0.2) is 78.9 Å². The quantitative estimate of drug-likeness (QED) is 0.213. The van der Waals surface area contributed by atoms with Crippen LogP contribution in [0.25, 0.3) is 0 Å². The second kappa shape index (κ2) is 13.5. The van der Waals surface area contributed by atoms with Gasteiger partial charge in [-0.3, -0.25) is 9.59 Å². The number of ether oxygens (including phenoxy) is 3. The number of nitrogens with zero attached hydrogens (tertiary/aromatic N) is 1. The minimum Gasteiger partial charge on any atom is -0.497 e. The van der Waals surface area contributed by atoms with Gasteiger partial charge in [0.25, 0.3) is 0 Å². The molecule has 40 heavy (non-hydrogen) atoms. The van der Waals surface area contributed by atoms with Crippen LogP contribution in [0.1, 0.15) is 55.7 Å². The number of hydrogen-bond donors (Lipinski definition) is 1. The minimum absolute atomic E-state index is 0.0579. The van der Waals surface area contributed by atoms with Crippen molar-refractivity contribution in [3.8, 4) is 11.5 Å². The number of carbonyl (C=O) groups is 2. The summed E-state index contributed by atoms with van der Waals surface area (Å²) in [7, 11) is 3.29. The van der Waals surface area contributed by atoms with Gasteiger partial charge < -0.3 is 24.2 Å². The number of unbranched alkanes of at least 4 members (excludes halogenated alkanes) is 1. The third-order valence-electron chi connectivity index (χ3n) is 7.64. The molecule has 0 unspecified atom stereocenters. The largest absolute Gasteiger partial charge is 0.497 e. The highest BCUT2D eigenvalue weighted by Gasteiger charge is 2.41. The smallest absolute Gasteiger partial charge is 0.303 e. The average Bonchev–Trinajstić information content (AvgIpc) is 3.37. The minimum atomic E-state index is -0.943. The number of likely N-dealkylation sites (tertiary alicyclic amines) is 1. The number of carbonyl (C=O) groups excluding carboxylic acids is 1. The number of benzene rings is 3. The van der Waals surface area contributed by atoms with E-state index in [-0.39, 0.29) is 18.4 Å². The zero-order valence-electron chi connectivity index (χ0n) is 23.5. The Labute approximate surface area is 236 Å². The number of rotatable bonds is 13. The maximum absolute atomic E-state index is 13.2. The molecule has 1 N–H and O–H groups in total. The summed E-state index contributed by atoms with van der Waals surface area (Å²) in [5, 5.41) is 8.93. The molecule has 1 amide bonds. The molecular weight excluding hydrogens is 506 g/mol. The number of methoxy groups -OCH3 is 2. The summed E-state index contributed by atoms with van der Waals surface area (Å²) in [6, 6.07) is 25.9. The molecule has 0 aromatic heterocycles. The van der Waals surface area contributed by atoms with Gasteiger partial charge in [-0.1, -0.05) is 61.5 Å². The monoisotopic (exact) mass is 545 g/mol. The van der Waals surface area contributed by atoms with Crippen LogP contribution < -0.4 is 9.47 Å². The third kappa shape index (κ3) is 6.65. The van der Waals surface area contributed by atoms with E-state index in [1.54, 1.807) is 14.2 Å². The topological polar surface area (TPSA) is 85.3 Å². The van der Waals surface area contributed by atoms with Crippen LogP contribution in [0, 0.1) is 5.92 Å². The van der Waals surface area contributed by atoms with Crippen molar-refractivity contribution in [2.24, 2.45) is 5.92 Å². The van der Waals surface area contributed by atoms with E-state index in [1.807, 2.05) is 71.6 Å². The fourth-order valence-corrected chi connectivity index (χ4v) is 5.61. The maximum Gasteiger partial charge on any atom is 0.303 e. The lowest BCUT2D eigenvalue weighted by Gasteiger charge is -2.38. The first-order valence-corrected chi connectivity index (χ1v) is 13.9. The molecule has 2 atom stereocenters. The van der Waals surface area contributed by atoms with E-state index in [0.717, 1.165) is 34.6 Å². The Bertz CT molecular complexity index is 1190. The Kier molecular flexibility index (Phi) is 9.83. The van der Waals surface area contributed by atoms with E-state index < -0.39 is 11.6 Å². The van der Waals surface area contributed by atoms with E-state index >= 15 is 0 Å². The van der Waals surface area contributed by atoms with Gasteiger partial charge in [0.1, 0.15) is 17.1 Å². The van der Waals surface area contributed by atoms with Crippen LogP contribution in [-0.4, -0.2) is 55.3 Å². The van der Waals surface area contributed by atoms with Crippen molar-refractivity contribution in [1.29, 1.82) is 0 Å². The summed E-state index contributed by atoms with van der Waals surface area (Å²) in [6.07, 6.45) is 2.33. The summed E-state index contributed by atoms with van der Waals surface area (Å²) in [5.74, 6) is 1.09. The van der Waals surface area contributed by atoms with Gasteiger partial charge in [-0.25, -0.2) is 0 Å². The molecule has 0 radical (unpaired) electrons. The highest BCUT2D eigenvalue weighted by molar-refractivity contribution is 5.77. The lowest BCUT2D eigenvalue weighted by Crippen LogP contribution is -2.42. The molecule has 212 valence electrons. The van der Waals surface area contributed by atoms with Gasteiger partial charge >= 0.3 is 5.97 Å². The Morgan fingerprint density at radius 3 is 1.88 bits per heavy atom. The first-order chi connectivity index (χ1) is 19.4. The molecule has 0 saturated carbocycles. The Hall–Kier alpha value is -3.84. The molecule has 3 aromatic rings. The summed E-state index contributed by atoms with van der Waals surface area (Å²) >= 11 is 0. The van der Waals surface area contributed by atoms with E-state index in [9.17, 15) is 9.59 Å². The number of carboxylic acids is 1. The highest BCUT2D eigenvalue weighted by Crippen LogP contribution is 2.42. The molecule has 1 fully saturated rings. The van der Waals surface area contributed by atoms with Crippen LogP contribution in [0.4, 0.5) is 0 Å². The van der Waals surface area contributed by atoms with Gasteiger partial charge in [0.15, 0.2) is 0 Å². The van der Waals surface area contributed by atoms with Crippen molar-refractivity contribution in [2.45, 2.75) is 50.7 Å². The van der Waals surface area contributed by atoms with Crippen molar-refractivity contribution in [1.82, 2.24) is 4.90 Å². The Balaban J connectivity index is 1.68. The molecule has 1 aliphatic heterocycles. The molecule has 0 bridgehead atoms. The molecule has 0 spiro atoms. The van der Waals surface area contributed by atoms with E-state index in [4.69, 9.17) is 19.3 Å². The van der Waals surface area contributed by atoms with Gasteiger partial charge in [0.05, 0.1) is 26.9 Å². The molecule has 1 heterocycles. The number of aliphatic carboxylic acids is 1. The molecule has 1 aliphatic rings. The van der Waals surface area contributed by atoms with Gasteiger partial charge in [-0.15, -0.1) is 0 Å². The first kappa shape index (κ1) is 29.2. The fourth-order valence-electron chi connectivity index (χ4n) is 5.61. The summed E-state index contributed by atoms with van der Waals surface area (Å²) in [5.41, 5.74) is 1.93. The average molecular weight is 546 g/mol. The maximum atomic E-state index is 13.2. The molecule has 7 nitrogen and oxygen atoms in total. The predicted molar refractivity (Wildman–Crippen MR) is 154 cm³/mol. The van der Waals surface area contributed by atoms with Gasteiger partial charge in [-0.2, -0.15) is 0 Å². The Morgan fingerprint density at radius 2 is 1.35 bits per heavy atom. The van der Waals surface area contributed by atoms with Crippen LogP contribution in [0.2, 0.25) is 0 Å². The molecule has 7 heteroatoms. The fraction of sp³-hybridized carbons (Fsp3) is 0.394. The van der Waals surface area contributed by atoms with E-state index in [2.05, 4.69) is 19.1 Å². The SMILES string of the molecule is COc1ccc(C(OC[C@@H]2C[C@@H](C)CN2C(=O)CCCCC(=O)O)(c2ccccc2)c2ccc(OC)cc2)cc1. The lowest BCUT2D eigenvalue weighted by atomic mass is 9.80. The summed E-state index contributed by atoms with van der Waals surface area (Å²) in [6.45, 7) is 3.18. The third-order valence-corrected chi connectivity index (χ3v) is 7.64. The van der Waals surface area contributed by atoms with Gasteiger partial charge in [-0.05, 0) is 66.1 Å². The number of hydrogen-bond acceptors (Lipinski definition) is 5. The van der Waals surface area contributed by atoms with Crippen LogP contribution in [-0.2, 0) is 19.9 Å². The second-order valence-corrected chi connectivity index (χ2v) is 10.5. The standard InChI is InChI=1S/C33H39NO6/c1-24-21-28(34(22-24)31(35)11-7-8-12-32(36)37)23-40-33(25-9-5-4-6-10-25,26-13-17-29(38-2)18-14-26)27-15-19-30(39-3)20-16-27/h4-6,9-10,13-20,24,28H,7-8,11-12,21-23H2,1-3H3,(H,36,37)/t24-,28+/m1/s1. The molecule has 0 aliphatic carbocycles. The van der Waals surface area contributed by atoms with E-state index in [0.29, 0.717) is 38.3 Å². The summed E-state index contributed by atoms with van der Waals surface area (Å²) in [4.78, 5) is 26.0. The van der Waals surface area contributed by atoms with Crippen molar-refractivity contribution < 1.29 is 28.9 Å². The predicted octanol–water partition coefficient (Wildman–Crippen LogP) is 5.89. The van der Waals surface area contributed by atoms with Crippen LogP contribution >= 0.6 is 0 Å². The van der Waals surface area contributed by atoms with Crippen molar-refractivity contribution in [3.63, 3.8) is 0 Å². The molecular formula is C33H39NO6.